The van der Waals surface area contributed by atoms with E-state index in [0.29, 0.717) is 26.0 Å². The fraction of sp³-hybridized carbons (Fsp3) is 0.750. The van der Waals surface area contributed by atoms with Gasteiger partial charge >= 0.3 is 0 Å². The molecule has 5 nitrogen and oxygen atoms in total. The molecule has 0 heterocycles. The minimum Gasteiger partial charge on any atom is -0.380 e. The Bertz CT molecular complexity index is 149. The van der Waals surface area contributed by atoms with Crippen molar-refractivity contribution < 1.29 is 19.1 Å². The van der Waals surface area contributed by atoms with Crippen molar-refractivity contribution in [3.8, 4) is 0 Å². The fourth-order valence-corrected chi connectivity index (χ4v) is 0.658. The van der Waals surface area contributed by atoms with Gasteiger partial charge in [0.05, 0.1) is 6.61 Å². The first kappa shape index (κ1) is 12.1. The van der Waals surface area contributed by atoms with Crippen molar-refractivity contribution in [2.75, 3.05) is 33.0 Å². The van der Waals surface area contributed by atoms with Gasteiger partial charge in [0.15, 0.2) is 0 Å². The first-order valence-electron chi connectivity index (χ1n) is 4.17. The lowest BCUT2D eigenvalue weighted by Crippen LogP contribution is -2.30. The van der Waals surface area contributed by atoms with Gasteiger partial charge in [-0.05, 0) is 6.92 Å². The molecular weight excluding hydrogens is 174 g/mol. The summed E-state index contributed by atoms with van der Waals surface area (Å²) < 4.78 is 9.68. The second kappa shape index (κ2) is 9.15. The number of carbonyl (C=O) groups excluding carboxylic acids is 2. The van der Waals surface area contributed by atoms with E-state index in [9.17, 15) is 9.59 Å². The van der Waals surface area contributed by atoms with E-state index in [1.807, 2.05) is 6.92 Å². The quantitative estimate of drug-likeness (QED) is 0.407. The normalized spacial score (nSPS) is 9.62. The van der Waals surface area contributed by atoms with Crippen molar-refractivity contribution >= 4 is 12.2 Å². The van der Waals surface area contributed by atoms with Gasteiger partial charge in [0, 0.05) is 13.2 Å². The van der Waals surface area contributed by atoms with Gasteiger partial charge < -0.3 is 19.6 Å². The van der Waals surface area contributed by atoms with Crippen LogP contribution in [0.25, 0.3) is 0 Å². The van der Waals surface area contributed by atoms with Crippen molar-refractivity contribution in [2.24, 2.45) is 0 Å². The number of rotatable bonds is 8. The predicted octanol–water partition coefficient (Wildman–Crippen LogP) is -0.645. The van der Waals surface area contributed by atoms with Crippen LogP contribution in [0.1, 0.15) is 6.92 Å². The third kappa shape index (κ3) is 8.97. The largest absolute Gasteiger partial charge is 0.380 e. The Hall–Kier alpha value is -0.940. The average molecular weight is 189 g/mol. The third-order valence-electron chi connectivity index (χ3n) is 1.19. The Kier molecular flexibility index (Phi) is 8.49. The molecule has 0 aromatic rings. The maximum Gasteiger partial charge on any atom is 0.246 e. The van der Waals surface area contributed by atoms with Crippen LogP contribution in [-0.4, -0.2) is 45.2 Å². The molecule has 0 unspecified atom stereocenters. The van der Waals surface area contributed by atoms with E-state index in [2.05, 4.69) is 10.1 Å². The minimum absolute atomic E-state index is 0.0428. The molecule has 0 aliphatic rings. The van der Waals surface area contributed by atoms with Crippen molar-refractivity contribution in [1.29, 1.82) is 0 Å². The van der Waals surface area contributed by atoms with Crippen LogP contribution in [0.15, 0.2) is 0 Å². The fourth-order valence-electron chi connectivity index (χ4n) is 0.658. The summed E-state index contributed by atoms with van der Waals surface area (Å²) in [4.78, 5) is 20.7. The molecule has 1 amide bonds. The summed E-state index contributed by atoms with van der Waals surface area (Å²) in [5, 5.41) is 2.57. The molecular formula is C8H15NO4. The Morgan fingerprint density at radius 2 is 2.23 bits per heavy atom. The summed E-state index contributed by atoms with van der Waals surface area (Å²) in [6, 6.07) is 0. The van der Waals surface area contributed by atoms with Gasteiger partial charge in [-0.1, -0.05) is 0 Å². The molecule has 1 N–H and O–H groups in total. The molecule has 0 aliphatic heterocycles. The van der Waals surface area contributed by atoms with E-state index in [1.54, 1.807) is 0 Å². The van der Waals surface area contributed by atoms with Crippen LogP contribution in [0.4, 0.5) is 0 Å². The van der Waals surface area contributed by atoms with E-state index in [-0.39, 0.29) is 19.1 Å². The van der Waals surface area contributed by atoms with Crippen LogP contribution in [0.5, 0.6) is 0 Å². The number of aldehydes is 1. The molecule has 0 fully saturated rings. The Labute approximate surface area is 77.4 Å². The lowest BCUT2D eigenvalue weighted by atomic mass is 10.6. The van der Waals surface area contributed by atoms with Gasteiger partial charge in [-0.2, -0.15) is 0 Å². The highest BCUT2D eigenvalue weighted by Crippen LogP contribution is 1.74. The molecule has 0 saturated carbocycles. The maximum absolute atomic E-state index is 10.9. The number of amides is 1. The first-order chi connectivity index (χ1) is 6.31. The van der Waals surface area contributed by atoms with Crippen LogP contribution in [0.3, 0.4) is 0 Å². The van der Waals surface area contributed by atoms with E-state index in [0.717, 1.165) is 0 Å². The standard InChI is InChI=1S/C8H15NO4/c1-2-12-5-3-9-8(11)7-13-6-4-10/h4H,2-3,5-7H2,1H3,(H,9,11). The molecule has 0 aromatic carbocycles. The smallest absolute Gasteiger partial charge is 0.246 e. The maximum atomic E-state index is 10.9. The highest BCUT2D eigenvalue weighted by Gasteiger charge is 1.98. The minimum atomic E-state index is -0.235. The SMILES string of the molecule is CCOCCNC(=O)COCC=O. The molecule has 0 aromatic heterocycles. The van der Waals surface area contributed by atoms with E-state index in [1.165, 1.54) is 0 Å². The van der Waals surface area contributed by atoms with Crippen molar-refractivity contribution in [1.82, 2.24) is 5.32 Å². The van der Waals surface area contributed by atoms with E-state index >= 15 is 0 Å². The molecule has 13 heavy (non-hydrogen) atoms. The van der Waals surface area contributed by atoms with Crippen LogP contribution in [0, 0.1) is 0 Å². The van der Waals surface area contributed by atoms with Crippen LogP contribution in [-0.2, 0) is 19.1 Å². The van der Waals surface area contributed by atoms with Crippen molar-refractivity contribution in [3.63, 3.8) is 0 Å². The number of nitrogens with one attached hydrogen (secondary N) is 1. The number of hydrogen-bond donors (Lipinski definition) is 1. The van der Waals surface area contributed by atoms with Gasteiger partial charge in [-0.3, -0.25) is 4.79 Å². The van der Waals surface area contributed by atoms with Gasteiger partial charge in [0.2, 0.25) is 5.91 Å². The molecule has 5 heteroatoms. The Balaban J connectivity index is 3.15. The zero-order chi connectivity index (χ0) is 9.94. The summed E-state index contributed by atoms with van der Waals surface area (Å²) in [7, 11) is 0. The highest BCUT2D eigenvalue weighted by molar-refractivity contribution is 5.77. The second-order valence-electron chi connectivity index (χ2n) is 2.23. The summed E-state index contributed by atoms with van der Waals surface area (Å²) in [5.41, 5.74) is 0. The zero-order valence-corrected chi connectivity index (χ0v) is 7.75. The summed E-state index contributed by atoms with van der Waals surface area (Å²) >= 11 is 0. The number of ether oxygens (including phenoxy) is 2. The second-order valence-corrected chi connectivity index (χ2v) is 2.23. The van der Waals surface area contributed by atoms with Crippen molar-refractivity contribution in [3.05, 3.63) is 0 Å². The highest BCUT2D eigenvalue weighted by atomic mass is 16.5. The first-order valence-corrected chi connectivity index (χ1v) is 4.17. The van der Waals surface area contributed by atoms with Gasteiger partial charge in [-0.15, -0.1) is 0 Å². The van der Waals surface area contributed by atoms with E-state index in [4.69, 9.17) is 4.74 Å². The lowest BCUT2D eigenvalue weighted by molar-refractivity contribution is -0.127. The molecule has 0 atom stereocenters. The number of hydrogen-bond acceptors (Lipinski definition) is 4. The summed E-state index contributed by atoms with van der Waals surface area (Å²) in [5.74, 6) is -0.235. The lowest BCUT2D eigenvalue weighted by Gasteiger charge is -2.04. The molecule has 0 bridgehead atoms. The van der Waals surface area contributed by atoms with E-state index < -0.39 is 0 Å². The third-order valence-corrected chi connectivity index (χ3v) is 1.19. The molecule has 0 aliphatic carbocycles. The predicted molar refractivity (Wildman–Crippen MR) is 46.4 cm³/mol. The monoisotopic (exact) mass is 189 g/mol. The van der Waals surface area contributed by atoms with Crippen LogP contribution in [0.2, 0.25) is 0 Å². The number of carbonyl (C=O) groups is 2. The topological polar surface area (TPSA) is 64.6 Å². The summed E-state index contributed by atoms with van der Waals surface area (Å²) in [6.07, 6.45) is 0.605. The van der Waals surface area contributed by atoms with Gasteiger partial charge in [-0.25, -0.2) is 0 Å². The molecule has 0 spiro atoms. The average Bonchev–Trinajstić information content (AvgIpc) is 2.13. The van der Waals surface area contributed by atoms with Crippen LogP contribution < -0.4 is 5.32 Å². The molecule has 0 saturated heterocycles. The molecule has 76 valence electrons. The Morgan fingerprint density at radius 1 is 1.46 bits per heavy atom. The molecule has 0 rings (SSSR count). The van der Waals surface area contributed by atoms with Gasteiger partial charge in [0.25, 0.3) is 0 Å². The Morgan fingerprint density at radius 3 is 2.85 bits per heavy atom. The van der Waals surface area contributed by atoms with Gasteiger partial charge in [0.1, 0.15) is 19.5 Å². The molecule has 0 radical (unpaired) electrons. The van der Waals surface area contributed by atoms with Crippen LogP contribution >= 0.6 is 0 Å². The van der Waals surface area contributed by atoms with Crippen molar-refractivity contribution in [2.45, 2.75) is 6.92 Å². The zero-order valence-electron chi connectivity index (χ0n) is 7.75. The summed E-state index contributed by atoms with van der Waals surface area (Å²) in [6.45, 7) is 3.36.